The number of rotatable bonds is 6. The van der Waals surface area contributed by atoms with Crippen LogP contribution in [0.15, 0.2) is 66.5 Å². The Balaban J connectivity index is 1.55. The lowest BCUT2D eigenvalue weighted by molar-refractivity contribution is -0.121. The molecule has 5 nitrogen and oxygen atoms in total. The van der Waals surface area contributed by atoms with Gasteiger partial charge in [0.25, 0.3) is 5.91 Å². The van der Waals surface area contributed by atoms with E-state index in [4.69, 9.17) is 17.0 Å². The summed E-state index contributed by atoms with van der Waals surface area (Å²) in [5.74, 6) is 0.809. The highest BCUT2D eigenvalue weighted by Gasteiger charge is 2.32. The molecule has 1 saturated heterocycles. The van der Waals surface area contributed by atoms with Crippen LogP contribution in [0.1, 0.15) is 12.0 Å². The molecule has 1 fully saturated rings. The summed E-state index contributed by atoms with van der Waals surface area (Å²) in [5.41, 5.74) is 2.74. The summed E-state index contributed by atoms with van der Waals surface area (Å²) in [6.45, 7) is 1.48. The van der Waals surface area contributed by atoms with Gasteiger partial charge in [-0.2, -0.15) is 0 Å². The van der Waals surface area contributed by atoms with E-state index in [2.05, 4.69) is 22.9 Å². The molecular weight excluding hydrogens is 382 g/mol. The molecule has 3 aromatic rings. The first-order chi connectivity index (χ1) is 14.1. The first-order valence-corrected chi connectivity index (χ1v) is 10.0. The summed E-state index contributed by atoms with van der Waals surface area (Å²) >= 11 is 5.32. The van der Waals surface area contributed by atoms with Crippen molar-refractivity contribution in [2.24, 2.45) is 0 Å². The summed E-state index contributed by atoms with van der Waals surface area (Å²) in [4.78, 5) is 15.8. The molecule has 0 spiro atoms. The van der Waals surface area contributed by atoms with Crippen molar-refractivity contribution in [3.05, 3.63) is 72.1 Å². The lowest BCUT2D eigenvalue weighted by atomic mass is 10.1. The minimum absolute atomic E-state index is 0.0782. The Morgan fingerprint density at radius 3 is 2.45 bits per heavy atom. The molecule has 0 aliphatic carbocycles. The van der Waals surface area contributed by atoms with Crippen molar-refractivity contribution in [1.82, 2.24) is 14.4 Å². The Bertz CT molecular complexity index is 1090. The zero-order chi connectivity index (χ0) is 20.4. The third kappa shape index (κ3) is 3.76. The maximum Gasteiger partial charge on any atom is 0.276 e. The number of carbonyl (C=O) groups excluding carboxylic acids is 1. The van der Waals surface area contributed by atoms with Crippen LogP contribution >= 0.6 is 12.2 Å². The summed E-state index contributed by atoms with van der Waals surface area (Å²) in [5, 5.41) is 1.63. The number of thiocarbonyl (C=S) groups is 1. The van der Waals surface area contributed by atoms with Crippen LogP contribution in [0.4, 0.5) is 0 Å². The summed E-state index contributed by atoms with van der Waals surface area (Å²) in [6.07, 6.45) is 4.91. The first-order valence-electron chi connectivity index (χ1n) is 9.59. The van der Waals surface area contributed by atoms with E-state index >= 15 is 0 Å². The molecule has 4 rings (SSSR count). The molecular formula is C23H23N3O2S. The Morgan fingerprint density at radius 1 is 1.00 bits per heavy atom. The molecule has 1 aliphatic rings. The number of fused-ring (bicyclic) bond motifs is 1. The molecule has 29 heavy (non-hydrogen) atoms. The van der Waals surface area contributed by atoms with Crippen molar-refractivity contribution in [2.75, 3.05) is 20.7 Å². The number of para-hydroxylation sites is 2. The van der Waals surface area contributed by atoms with Gasteiger partial charge in [-0.3, -0.25) is 9.69 Å². The summed E-state index contributed by atoms with van der Waals surface area (Å²) in [7, 11) is 3.54. The van der Waals surface area contributed by atoms with E-state index in [1.54, 1.807) is 11.9 Å². The lowest BCUT2D eigenvalue weighted by Crippen LogP contribution is -2.26. The fraction of sp³-hybridized carbons (Fsp3) is 0.217. The zero-order valence-electron chi connectivity index (χ0n) is 16.5. The number of aryl methyl sites for hydroxylation is 1. The molecule has 6 heteroatoms. The third-order valence-corrected chi connectivity index (χ3v) is 5.67. The molecule has 2 aromatic carbocycles. The standard InChI is InChI=1S/C23H23N3O2S/c1-24-21(22(27)25(2)23(24)29)15-17-16-26(20-12-7-6-11-19(17)20)13-8-14-28-18-9-4-3-5-10-18/h3-7,9-12,15-16H,8,13-14H2,1-2H3/b21-15-. The van der Waals surface area contributed by atoms with E-state index in [1.807, 2.05) is 55.6 Å². The normalized spacial score (nSPS) is 15.7. The predicted molar refractivity (Wildman–Crippen MR) is 120 cm³/mol. The Kier molecular flexibility index (Phi) is 5.36. The molecule has 0 saturated carbocycles. The number of nitrogens with zero attached hydrogens (tertiary/aromatic N) is 3. The van der Waals surface area contributed by atoms with Crippen LogP contribution in [0.5, 0.6) is 5.75 Å². The van der Waals surface area contributed by atoms with Crippen LogP contribution in [-0.4, -0.2) is 46.1 Å². The van der Waals surface area contributed by atoms with E-state index in [9.17, 15) is 4.79 Å². The predicted octanol–water partition coefficient (Wildman–Crippen LogP) is 4.14. The van der Waals surface area contributed by atoms with Crippen molar-refractivity contribution in [1.29, 1.82) is 0 Å². The summed E-state index contributed by atoms with van der Waals surface area (Å²) in [6, 6.07) is 18.1. The van der Waals surface area contributed by atoms with Crippen LogP contribution in [0.3, 0.4) is 0 Å². The molecule has 0 N–H and O–H groups in total. The maximum atomic E-state index is 12.5. The van der Waals surface area contributed by atoms with E-state index in [0.717, 1.165) is 35.2 Å². The van der Waals surface area contributed by atoms with E-state index in [1.165, 1.54) is 4.90 Å². The van der Waals surface area contributed by atoms with Gasteiger partial charge in [-0.05, 0) is 42.9 Å². The maximum absolute atomic E-state index is 12.5. The second-order valence-corrected chi connectivity index (χ2v) is 7.41. The molecule has 0 unspecified atom stereocenters. The molecule has 2 heterocycles. The SMILES string of the molecule is CN1C(=O)/C(=C/c2cn(CCCOc3ccccc3)c3ccccc23)N(C)C1=S. The minimum atomic E-state index is -0.0782. The highest BCUT2D eigenvalue weighted by atomic mass is 32.1. The molecule has 0 radical (unpaired) electrons. The van der Waals surface area contributed by atoms with Gasteiger partial charge in [-0.15, -0.1) is 0 Å². The topological polar surface area (TPSA) is 37.7 Å². The number of ether oxygens (including phenoxy) is 1. The van der Waals surface area contributed by atoms with Gasteiger partial charge < -0.3 is 14.2 Å². The van der Waals surface area contributed by atoms with Crippen LogP contribution in [0, 0.1) is 0 Å². The molecule has 0 bridgehead atoms. The van der Waals surface area contributed by atoms with Crippen LogP contribution in [-0.2, 0) is 11.3 Å². The van der Waals surface area contributed by atoms with E-state index < -0.39 is 0 Å². The van der Waals surface area contributed by atoms with Crippen molar-refractivity contribution in [2.45, 2.75) is 13.0 Å². The average Bonchev–Trinajstić information content (AvgIpc) is 3.19. The number of hydrogen-bond donors (Lipinski definition) is 0. The van der Waals surface area contributed by atoms with Crippen molar-refractivity contribution in [3.8, 4) is 5.75 Å². The number of aromatic nitrogens is 1. The van der Waals surface area contributed by atoms with Crippen LogP contribution in [0.25, 0.3) is 17.0 Å². The number of carbonyl (C=O) groups is 1. The molecule has 0 atom stereocenters. The van der Waals surface area contributed by atoms with Crippen LogP contribution in [0.2, 0.25) is 0 Å². The Morgan fingerprint density at radius 2 is 1.72 bits per heavy atom. The molecule has 1 aromatic heterocycles. The van der Waals surface area contributed by atoms with Gasteiger partial charge in [0.1, 0.15) is 11.4 Å². The zero-order valence-corrected chi connectivity index (χ0v) is 17.4. The number of benzene rings is 2. The molecule has 1 aliphatic heterocycles. The van der Waals surface area contributed by atoms with Crippen LogP contribution < -0.4 is 4.74 Å². The smallest absolute Gasteiger partial charge is 0.276 e. The monoisotopic (exact) mass is 405 g/mol. The fourth-order valence-electron chi connectivity index (χ4n) is 3.55. The van der Waals surface area contributed by atoms with Gasteiger partial charge in [0.2, 0.25) is 0 Å². The quantitative estimate of drug-likeness (QED) is 0.351. The number of likely N-dealkylation sites (N-methyl/N-ethyl adjacent to an activating group) is 2. The first kappa shape index (κ1) is 19.2. The fourth-order valence-corrected chi connectivity index (χ4v) is 3.73. The van der Waals surface area contributed by atoms with Gasteiger partial charge in [0, 0.05) is 43.3 Å². The second kappa shape index (κ2) is 8.09. The van der Waals surface area contributed by atoms with Gasteiger partial charge in [-0.1, -0.05) is 36.4 Å². The van der Waals surface area contributed by atoms with Crippen molar-refractivity contribution >= 4 is 40.2 Å². The Labute approximate surface area is 175 Å². The van der Waals surface area contributed by atoms with Gasteiger partial charge in [0.15, 0.2) is 5.11 Å². The van der Waals surface area contributed by atoms with E-state index in [0.29, 0.717) is 17.4 Å². The van der Waals surface area contributed by atoms with Gasteiger partial charge in [-0.25, -0.2) is 0 Å². The average molecular weight is 406 g/mol. The van der Waals surface area contributed by atoms with Crippen molar-refractivity contribution < 1.29 is 9.53 Å². The lowest BCUT2D eigenvalue weighted by Gasteiger charge is -2.10. The van der Waals surface area contributed by atoms with Gasteiger partial charge >= 0.3 is 0 Å². The molecule has 148 valence electrons. The largest absolute Gasteiger partial charge is 0.494 e. The highest BCUT2D eigenvalue weighted by Crippen LogP contribution is 2.27. The van der Waals surface area contributed by atoms with E-state index in [-0.39, 0.29) is 5.91 Å². The minimum Gasteiger partial charge on any atom is -0.494 e. The van der Waals surface area contributed by atoms with Gasteiger partial charge in [0.05, 0.1) is 6.61 Å². The number of hydrogen-bond acceptors (Lipinski definition) is 3. The van der Waals surface area contributed by atoms with Crippen molar-refractivity contribution in [3.63, 3.8) is 0 Å². The third-order valence-electron chi connectivity index (χ3n) is 5.13. The molecule has 1 amide bonds. The Hall–Kier alpha value is -3.12. The second-order valence-electron chi connectivity index (χ2n) is 7.05. The number of amides is 1. The highest BCUT2D eigenvalue weighted by molar-refractivity contribution is 7.80. The summed E-state index contributed by atoms with van der Waals surface area (Å²) < 4.78 is 8.03.